The van der Waals surface area contributed by atoms with Gasteiger partial charge >= 0.3 is 17.8 Å². The van der Waals surface area contributed by atoms with E-state index in [0.29, 0.717) is 23.7 Å². The Morgan fingerprint density at radius 3 is 2.07 bits per heavy atom. The molecule has 5 fully saturated rings. The first-order valence-corrected chi connectivity index (χ1v) is 11.7. The first-order chi connectivity index (χ1) is 14.2. The van der Waals surface area contributed by atoms with E-state index in [2.05, 4.69) is 19.2 Å². The normalized spacial score (nSPS) is 33.7. The van der Waals surface area contributed by atoms with E-state index in [4.69, 9.17) is 0 Å². The number of imide groups is 2. The second-order valence-corrected chi connectivity index (χ2v) is 10.7. The molecular weight excluding hydrogens is 382 g/mol. The van der Waals surface area contributed by atoms with Crippen molar-refractivity contribution in [2.45, 2.75) is 90.1 Å². The molecule has 7 nitrogen and oxygen atoms in total. The summed E-state index contributed by atoms with van der Waals surface area (Å²) in [4.78, 5) is 53.2. The minimum Gasteiger partial charge on any atom is -0.352 e. The Kier molecular flexibility index (Phi) is 5.66. The third-order valence-electron chi connectivity index (χ3n) is 7.66. The van der Waals surface area contributed by atoms with Crippen molar-refractivity contribution in [3.63, 3.8) is 0 Å². The van der Waals surface area contributed by atoms with Gasteiger partial charge in [0.15, 0.2) is 0 Å². The van der Waals surface area contributed by atoms with Gasteiger partial charge in [-0.2, -0.15) is 0 Å². The average molecular weight is 418 g/mol. The summed E-state index contributed by atoms with van der Waals surface area (Å²) < 4.78 is 0. The van der Waals surface area contributed by atoms with Crippen LogP contribution in [0.2, 0.25) is 0 Å². The number of hydrogen-bond acceptors (Lipinski definition) is 4. The van der Waals surface area contributed by atoms with E-state index in [1.807, 2.05) is 6.92 Å². The quantitative estimate of drug-likeness (QED) is 0.486. The fraction of sp³-hybridized carbons (Fsp3) is 0.826. The molecule has 0 aromatic heterocycles. The summed E-state index contributed by atoms with van der Waals surface area (Å²) in [7, 11) is 0. The van der Waals surface area contributed by atoms with Crippen molar-refractivity contribution in [2.24, 2.45) is 23.7 Å². The number of carbonyl (C=O) groups is 4. The fourth-order valence-electron chi connectivity index (χ4n) is 6.77. The van der Waals surface area contributed by atoms with Crippen molar-refractivity contribution < 1.29 is 19.2 Å². The summed E-state index contributed by atoms with van der Waals surface area (Å²) in [6.07, 6.45) is 8.96. The maximum absolute atomic E-state index is 13.1. The SMILES string of the molecule is CC(C)CCC[C@@H](C)NC(=O)CN1C(=O)C(=O)N(C23CC4CC(CC(C4)C2)C3)C1=O. The molecule has 1 N–H and O–H groups in total. The van der Waals surface area contributed by atoms with Gasteiger partial charge in [0.2, 0.25) is 5.91 Å². The smallest absolute Gasteiger partial charge is 0.335 e. The van der Waals surface area contributed by atoms with Crippen LogP contribution < -0.4 is 5.32 Å². The summed E-state index contributed by atoms with van der Waals surface area (Å²) in [5, 5.41) is 2.87. The minimum absolute atomic E-state index is 0.0287. The molecular formula is C23H35N3O4. The highest BCUT2D eigenvalue weighted by molar-refractivity contribution is 6.45. The van der Waals surface area contributed by atoms with Crippen LogP contribution in [0.5, 0.6) is 0 Å². The second kappa shape index (κ2) is 7.97. The molecule has 5 aliphatic rings. The maximum Gasteiger partial charge on any atom is 0.335 e. The number of amides is 5. The van der Waals surface area contributed by atoms with E-state index in [9.17, 15) is 19.2 Å². The highest BCUT2D eigenvalue weighted by atomic mass is 16.2. The van der Waals surface area contributed by atoms with E-state index < -0.39 is 23.4 Å². The highest BCUT2D eigenvalue weighted by Gasteiger charge is 2.61. The van der Waals surface area contributed by atoms with Crippen LogP contribution in [0.1, 0.15) is 78.6 Å². The van der Waals surface area contributed by atoms with Crippen molar-refractivity contribution in [3.05, 3.63) is 0 Å². The summed E-state index contributed by atoms with van der Waals surface area (Å²) in [6, 6.07) is -0.617. The predicted molar refractivity (Wildman–Crippen MR) is 111 cm³/mol. The first-order valence-electron chi connectivity index (χ1n) is 11.7. The first kappa shape index (κ1) is 21.3. The zero-order valence-corrected chi connectivity index (χ0v) is 18.5. The molecule has 1 saturated heterocycles. The molecule has 4 aliphatic carbocycles. The van der Waals surface area contributed by atoms with Gasteiger partial charge in [0, 0.05) is 6.04 Å². The average Bonchev–Trinajstić information content (AvgIpc) is 2.84. The topological polar surface area (TPSA) is 86.8 Å². The number of urea groups is 1. The van der Waals surface area contributed by atoms with Crippen LogP contribution in [-0.4, -0.2) is 51.7 Å². The molecule has 1 heterocycles. The van der Waals surface area contributed by atoms with Crippen LogP contribution in [0.4, 0.5) is 4.79 Å². The fourth-order valence-corrected chi connectivity index (χ4v) is 6.77. The van der Waals surface area contributed by atoms with E-state index in [-0.39, 0.29) is 18.5 Å². The Bertz CT molecular complexity index is 711. The largest absolute Gasteiger partial charge is 0.352 e. The van der Waals surface area contributed by atoms with E-state index in [1.54, 1.807) is 0 Å². The lowest BCUT2D eigenvalue weighted by Crippen LogP contribution is -2.62. The van der Waals surface area contributed by atoms with Crippen molar-refractivity contribution >= 4 is 23.8 Å². The molecule has 0 aromatic carbocycles. The van der Waals surface area contributed by atoms with Gasteiger partial charge in [-0.05, 0) is 75.5 Å². The molecule has 166 valence electrons. The molecule has 0 radical (unpaired) electrons. The molecule has 0 spiro atoms. The molecule has 5 amide bonds. The lowest BCUT2D eigenvalue weighted by molar-refractivity contribution is -0.150. The van der Waals surface area contributed by atoms with Crippen LogP contribution in [0, 0.1) is 23.7 Å². The Balaban J connectivity index is 1.39. The lowest BCUT2D eigenvalue weighted by Gasteiger charge is -2.58. The van der Waals surface area contributed by atoms with E-state index >= 15 is 0 Å². The molecule has 30 heavy (non-hydrogen) atoms. The van der Waals surface area contributed by atoms with Crippen LogP contribution >= 0.6 is 0 Å². The third-order valence-corrected chi connectivity index (χ3v) is 7.66. The molecule has 1 atom stereocenters. The van der Waals surface area contributed by atoms with Crippen LogP contribution in [-0.2, 0) is 14.4 Å². The summed E-state index contributed by atoms with van der Waals surface area (Å²) in [5.41, 5.74) is -0.506. The van der Waals surface area contributed by atoms with Crippen LogP contribution in [0.25, 0.3) is 0 Å². The van der Waals surface area contributed by atoms with Crippen molar-refractivity contribution in [1.29, 1.82) is 0 Å². The molecule has 4 saturated carbocycles. The molecule has 7 heteroatoms. The van der Waals surface area contributed by atoms with Gasteiger partial charge in [0.1, 0.15) is 6.54 Å². The summed E-state index contributed by atoms with van der Waals surface area (Å²) in [5.74, 6) is 0.310. The number of nitrogens with one attached hydrogen (secondary N) is 1. The van der Waals surface area contributed by atoms with Gasteiger partial charge in [0.05, 0.1) is 5.54 Å². The van der Waals surface area contributed by atoms with Gasteiger partial charge in [0.25, 0.3) is 0 Å². The molecule has 1 aliphatic heterocycles. The minimum atomic E-state index is -0.849. The summed E-state index contributed by atoms with van der Waals surface area (Å²) >= 11 is 0. The standard InChI is InChI=1S/C23H35N3O4/c1-14(2)5-4-6-15(3)24-19(27)13-25-20(28)21(29)26(22(25)30)23-10-16-7-17(11-23)9-18(8-16)12-23/h14-18H,4-13H2,1-3H3,(H,24,27)/t15-,16?,17?,18?,23?/m1/s1. The molecule has 0 aromatic rings. The maximum atomic E-state index is 13.1. The van der Waals surface area contributed by atoms with Gasteiger partial charge in [-0.15, -0.1) is 0 Å². The van der Waals surface area contributed by atoms with Crippen molar-refractivity contribution in [3.8, 4) is 0 Å². The number of hydrogen-bond donors (Lipinski definition) is 1. The molecule has 0 unspecified atom stereocenters. The Labute approximate surface area is 178 Å². The van der Waals surface area contributed by atoms with Gasteiger partial charge in [-0.1, -0.05) is 26.7 Å². The zero-order valence-electron chi connectivity index (χ0n) is 18.5. The lowest BCUT2D eigenvalue weighted by atomic mass is 9.52. The zero-order chi connectivity index (χ0) is 21.6. The van der Waals surface area contributed by atoms with Crippen LogP contribution in [0.15, 0.2) is 0 Å². The number of rotatable bonds is 8. The monoisotopic (exact) mass is 417 g/mol. The van der Waals surface area contributed by atoms with Gasteiger partial charge in [-0.25, -0.2) is 14.6 Å². The molecule has 4 bridgehead atoms. The van der Waals surface area contributed by atoms with E-state index in [1.165, 1.54) is 24.2 Å². The van der Waals surface area contributed by atoms with Crippen molar-refractivity contribution in [2.75, 3.05) is 6.54 Å². The predicted octanol–water partition coefficient (Wildman–Crippen LogP) is 3.08. The van der Waals surface area contributed by atoms with Crippen molar-refractivity contribution in [1.82, 2.24) is 15.1 Å². The number of carbonyl (C=O) groups excluding carboxylic acids is 4. The Morgan fingerprint density at radius 2 is 1.53 bits per heavy atom. The van der Waals surface area contributed by atoms with Gasteiger partial charge in [-0.3, -0.25) is 14.4 Å². The van der Waals surface area contributed by atoms with Crippen LogP contribution in [0.3, 0.4) is 0 Å². The summed E-state index contributed by atoms with van der Waals surface area (Å²) in [6.45, 7) is 5.89. The third kappa shape index (κ3) is 3.87. The molecule has 5 rings (SSSR count). The second-order valence-electron chi connectivity index (χ2n) is 10.7. The van der Waals surface area contributed by atoms with Gasteiger partial charge < -0.3 is 5.32 Å². The van der Waals surface area contributed by atoms with E-state index in [0.717, 1.165) is 43.4 Å². The highest BCUT2D eigenvalue weighted by Crippen LogP contribution is 2.58. The Hall–Kier alpha value is -1.92. The number of nitrogens with zero attached hydrogens (tertiary/aromatic N) is 2. The Morgan fingerprint density at radius 1 is 0.967 bits per heavy atom.